The van der Waals surface area contributed by atoms with Gasteiger partial charge in [-0.25, -0.2) is 4.79 Å². The Labute approximate surface area is 254 Å². The summed E-state index contributed by atoms with van der Waals surface area (Å²) >= 11 is 2.87. The highest BCUT2D eigenvalue weighted by Gasteiger charge is 2.29. The third-order valence-corrected chi connectivity index (χ3v) is 9.43. The second kappa shape index (κ2) is 14.2. The number of rotatable bonds is 9. The Morgan fingerprint density at radius 3 is 2.38 bits per heavy atom. The van der Waals surface area contributed by atoms with Crippen LogP contribution in [0.25, 0.3) is 6.08 Å². The minimum absolute atomic E-state index is 0.229. The Hall–Kier alpha value is -4.14. The number of hydrogen-bond acceptors (Lipinski definition) is 6. The summed E-state index contributed by atoms with van der Waals surface area (Å²) in [6, 6.07) is 26.6. The van der Waals surface area contributed by atoms with E-state index in [0.29, 0.717) is 16.3 Å². The molecular weight excluding hydrogens is 565 g/mol. The van der Waals surface area contributed by atoms with Gasteiger partial charge in [0.25, 0.3) is 0 Å². The molecule has 6 nitrogen and oxygen atoms in total. The molecule has 0 bridgehead atoms. The van der Waals surface area contributed by atoms with Crippen LogP contribution >= 0.6 is 23.1 Å². The summed E-state index contributed by atoms with van der Waals surface area (Å²) in [4.78, 5) is 41.3. The number of ether oxygens (including phenoxy) is 1. The normalized spacial score (nSPS) is 13.5. The molecule has 2 amide bonds. The van der Waals surface area contributed by atoms with E-state index in [-0.39, 0.29) is 11.8 Å². The number of thiophene rings is 1. The van der Waals surface area contributed by atoms with Crippen LogP contribution in [0.15, 0.2) is 95.9 Å². The van der Waals surface area contributed by atoms with E-state index in [0.717, 1.165) is 58.6 Å². The van der Waals surface area contributed by atoms with Crippen LogP contribution < -0.4 is 10.6 Å². The largest absolute Gasteiger partial charge is 0.465 e. The van der Waals surface area contributed by atoms with Gasteiger partial charge in [0.1, 0.15) is 10.3 Å². The van der Waals surface area contributed by atoms with Crippen molar-refractivity contribution in [1.29, 1.82) is 0 Å². The lowest BCUT2D eigenvalue weighted by atomic mass is 10.1. The van der Waals surface area contributed by atoms with Crippen LogP contribution in [0, 0.1) is 0 Å². The summed E-state index contributed by atoms with van der Waals surface area (Å²) in [5, 5.41) is 5.94. The van der Waals surface area contributed by atoms with E-state index in [1.807, 2.05) is 84.9 Å². The molecule has 1 aliphatic carbocycles. The Balaban J connectivity index is 1.36. The molecule has 0 radical (unpaired) electrons. The van der Waals surface area contributed by atoms with Gasteiger partial charge >= 0.3 is 5.97 Å². The van der Waals surface area contributed by atoms with E-state index in [2.05, 4.69) is 10.6 Å². The number of thioether (sulfide) groups is 1. The first-order valence-electron chi connectivity index (χ1n) is 13.9. The van der Waals surface area contributed by atoms with Crippen molar-refractivity contribution in [2.24, 2.45) is 0 Å². The van der Waals surface area contributed by atoms with Crippen LogP contribution in [0.3, 0.4) is 0 Å². The quantitative estimate of drug-likeness (QED) is 0.0887. The molecule has 1 heterocycles. The van der Waals surface area contributed by atoms with E-state index in [1.54, 1.807) is 6.08 Å². The molecule has 0 saturated heterocycles. The second-order valence-corrected chi connectivity index (χ2v) is 12.2. The molecule has 5 rings (SSSR count). The minimum atomic E-state index is -0.595. The molecule has 3 aromatic carbocycles. The molecule has 2 N–H and O–H groups in total. The molecule has 1 unspecified atom stereocenters. The molecular formula is C34H32N2O4S2. The topological polar surface area (TPSA) is 84.5 Å². The first kappa shape index (κ1) is 29.4. The zero-order valence-electron chi connectivity index (χ0n) is 23.3. The number of amides is 2. The van der Waals surface area contributed by atoms with Gasteiger partial charge in [-0.05, 0) is 66.6 Å². The SMILES string of the molecule is COC(=O)c1c(NC(=O)C(Sc2cccc(NC(=O)/C=C/c3ccccc3)c2)c2ccccc2)sc2c1CCCCC2. The van der Waals surface area contributed by atoms with Gasteiger partial charge in [0.15, 0.2) is 0 Å². The van der Waals surface area contributed by atoms with E-state index in [9.17, 15) is 14.4 Å². The van der Waals surface area contributed by atoms with Crippen molar-refractivity contribution in [2.75, 3.05) is 17.7 Å². The van der Waals surface area contributed by atoms with Crippen molar-refractivity contribution in [3.8, 4) is 0 Å². The molecule has 0 fully saturated rings. The highest BCUT2D eigenvalue weighted by atomic mass is 32.2. The van der Waals surface area contributed by atoms with Crippen molar-refractivity contribution in [3.05, 3.63) is 118 Å². The summed E-state index contributed by atoms with van der Waals surface area (Å²) in [7, 11) is 1.38. The molecule has 0 saturated carbocycles. The van der Waals surface area contributed by atoms with Crippen LogP contribution in [-0.2, 0) is 27.2 Å². The summed E-state index contributed by atoms with van der Waals surface area (Å²) in [5.74, 6) is -0.891. The molecule has 0 spiro atoms. The smallest absolute Gasteiger partial charge is 0.341 e. The molecule has 8 heteroatoms. The summed E-state index contributed by atoms with van der Waals surface area (Å²) in [5.41, 5.74) is 3.89. The number of nitrogens with one attached hydrogen (secondary N) is 2. The lowest BCUT2D eigenvalue weighted by Crippen LogP contribution is -2.20. The van der Waals surface area contributed by atoms with Crippen LogP contribution in [0.2, 0.25) is 0 Å². The molecule has 1 aromatic heterocycles. The van der Waals surface area contributed by atoms with Crippen LogP contribution in [0.4, 0.5) is 10.7 Å². The molecule has 1 aliphatic rings. The Bertz CT molecular complexity index is 1580. The van der Waals surface area contributed by atoms with Crippen molar-refractivity contribution in [2.45, 2.75) is 42.2 Å². The van der Waals surface area contributed by atoms with E-state index in [1.165, 1.54) is 36.3 Å². The summed E-state index contributed by atoms with van der Waals surface area (Å²) < 4.78 is 5.12. The van der Waals surface area contributed by atoms with Crippen molar-refractivity contribution >= 4 is 57.6 Å². The number of aryl methyl sites for hydroxylation is 1. The Kier molecular flexibility index (Phi) is 9.90. The number of carbonyl (C=O) groups is 3. The monoisotopic (exact) mass is 596 g/mol. The minimum Gasteiger partial charge on any atom is -0.465 e. The van der Waals surface area contributed by atoms with Gasteiger partial charge < -0.3 is 15.4 Å². The first-order chi connectivity index (χ1) is 20.5. The summed E-state index contributed by atoms with van der Waals surface area (Å²) in [6.45, 7) is 0. The maximum atomic E-state index is 13.9. The zero-order valence-corrected chi connectivity index (χ0v) is 24.9. The molecule has 214 valence electrons. The fourth-order valence-corrected chi connectivity index (χ4v) is 7.29. The van der Waals surface area contributed by atoms with Gasteiger partial charge in [0.2, 0.25) is 11.8 Å². The number of benzene rings is 3. The first-order valence-corrected chi connectivity index (χ1v) is 15.6. The predicted octanol–water partition coefficient (Wildman–Crippen LogP) is 7.93. The third kappa shape index (κ3) is 7.38. The fraction of sp³-hybridized carbons (Fsp3) is 0.206. The van der Waals surface area contributed by atoms with Crippen molar-refractivity contribution in [3.63, 3.8) is 0 Å². The maximum Gasteiger partial charge on any atom is 0.341 e. The van der Waals surface area contributed by atoms with E-state index < -0.39 is 11.2 Å². The van der Waals surface area contributed by atoms with Gasteiger partial charge in [-0.15, -0.1) is 23.1 Å². The molecule has 42 heavy (non-hydrogen) atoms. The standard InChI is InChI=1S/C34H32N2O4S2/c1-40-34(39)30-27-18-9-4-10-19-28(27)42-33(30)36-32(38)31(24-14-7-3-8-15-24)41-26-17-11-16-25(22-26)35-29(37)21-20-23-12-5-2-6-13-23/h2-3,5-8,11-17,20-22,31H,4,9-10,18-19H2,1H3,(H,35,37)(H,36,38)/b21-20+. The Morgan fingerprint density at radius 1 is 0.881 bits per heavy atom. The number of fused-ring (bicyclic) bond motifs is 1. The van der Waals surface area contributed by atoms with Crippen molar-refractivity contribution < 1.29 is 19.1 Å². The number of hydrogen-bond donors (Lipinski definition) is 2. The highest BCUT2D eigenvalue weighted by molar-refractivity contribution is 8.00. The van der Waals surface area contributed by atoms with Crippen LogP contribution in [-0.4, -0.2) is 24.9 Å². The average molecular weight is 597 g/mol. The lowest BCUT2D eigenvalue weighted by molar-refractivity contribution is -0.116. The molecule has 4 aromatic rings. The molecule has 1 atom stereocenters. The average Bonchev–Trinajstić information content (AvgIpc) is 3.18. The van der Waals surface area contributed by atoms with Gasteiger partial charge in [-0.3, -0.25) is 9.59 Å². The lowest BCUT2D eigenvalue weighted by Gasteiger charge is -2.18. The number of carbonyl (C=O) groups excluding carboxylic acids is 3. The number of esters is 1. The Morgan fingerprint density at radius 2 is 1.62 bits per heavy atom. The van der Waals surface area contributed by atoms with Crippen molar-refractivity contribution in [1.82, 2.24) is 0 Å². The van der Waals surface area contributed by atoms with Crippen LogP contribution in [0.1, 0.15) is 56.4 Å². The molecule has 0 aliphatic heterocycles. The summed E-state index contributed by atoms with van der Waals surface area (Å²) in [6.07, 6.45) is 8.17. The zero-order chi connectivity index (χ0) is 29.3. The van der Waals surface area contributed by atoms with Gasteiger partial charge in [-0.2, -0.15) is 0 Å². The second-order valence-electron chi connectivity index (χ2n) is 9.92. The predicted molar refractivity (Wildman–Crippen MR) is 171 cm³/mol. The van der Waals surface area contributed by atoms with Gasteiger partial charge in [-0.1, -0.05) is 73.2 Å². The number of methoxy groups -OCH3 is 1. The highest BCUT2D eigenvalue weighted by Crippen LogP contribution is 2.41. The van der Waals surface area contributed by atoms with E-state index >= 15 is 0 Å². The fourth-order valence-electron chi connectivity index (χ4n) is 4.93. The van der Waals surface area contributed by atoms with Gasteiger partial charge in [0.05, 0.1) is 12.7 Å². The third-order valence-electron chi connectivity index (χ3n) is 6.97. The van der Waals surface area contributed by atoms with Crippen LogP contribution in [0.5, 0.6) is 0 Å². The van der Waals surface area contributed by atoms with E-state index in [4.69, 9.17) is 4.74 Å². The van der Waals surface area contributed by atoms with Gasteiger partial charge in [0, 0.05) is 21.5 Å². The number of anilines is 2. The maximum absolute atomic E-state index is 13.9.